The summed E-state index contributed by atoms with van der Waals surface area (Å²) in [4.78, 5) is 1.18. The molecular weight excluding hydrogens is 358 g/mol. The van der Waals surface area contributed by atoms with Crippen LogP contribution in [0.1, 0.15) is 28.5 Å². The third-order valence-electron chi connectivity index (χ3n) is 4.76. The smallest absolute Gasteiger partial charge is 0.231 e. The fourth-order valence-corrected chi connectivity index (χ4v) is 4.13. The minimum absolute atomic E-state index is 0.0598. The van der Waals surface area contributed by atoms with Crippen LogP contribution in [0.3, 0.4) is 0 Å². The number of fused-ring (bicyclic) bond motifs is 1. The summed E-state index contributed by atoms with van der Waals surface area (Å²) >= 11 is 1.70. The summed E-state index contributed by atoms with van der Waals surface area (Å²) in [5.41, 5.74) is 3.79. The zero-order valence-corrected chi connectivity index (χ0v) is 15.1. The highest BCUT2D eigenvalue weighted by molar-refractivity contribution is 7.12. The molecule has 2 aliphatic heterocycles. The maximum Gasteiger partial charge on any atom is 0.231 e. The van der Waals surface area contributed by atoms with Gasteiger partial charge in [-0.3, -0.25) is 5.01 Å². The van der Waals surface area contributed by atoms with Crippen molar-refractivity contribution in [1.82, 2.24) is 0 Å². The Morgan fingerprint density at radius 1 is 1.07 bits per heavy atom. The Balaban J connectivity index is 1.55. The van der Waals surface area contributed by atoms with Gasteiger partial charge < -0.3 is 9.47 Å². The number of anilines is 1. The Hall–Kier alpha value is -3.30. The average Bonchev–Trinajstić information content (AvgIpc) is 3.47. The molecule has 2 aromatic carbocycles. The molecule has 0 radical (unpaired) electrons. The molecule has 0 N–H and O–H groups in total. The van der Waals surface area contributed by atoms with E-state index >= 15 is 0 Å². The number of hydrazone groups is 1. The lowest BCUT2D eigenvalue weighted by Gasteiger charge is -2.24. The molecule has 5 rings (SSSR count). The molecule has 0 fully saturated rings. The first-order valence-corrected chi connectivity index (χ1v) is 9.50. The summed E-state index contributed by atoms with van der Waals surface area (Å²) in [5, 5.41) is 18.1. The molecule has 1 aromatic heterocycles. The van der Waals surface area contributed by atoms with Crippen molar-refractivity contribution in [2.24, 2.45) is 5.10 Å². The number of thiophene rings is 1. The molecule has 0 spiro atoms. The number of benzene rings is 2. The van der Waals surface area contributed by atoms with Crippen LogP contribution in [0.2, 0.25) is 0 Å². The largest absolute Gasteiger partial charge is 0.454 e. The Morgan fingerprint density at radius 2 is 1.93 bits per heavy atom. The normalized spacial score (nSPS) is 17.7. The third-order valence-corrected chi connectivity index (χ3v) is 5.68. The van der Waals surface area contributed by atoms with E-state index in [4.69, 9.17) is 19.8 Å². The molecule has 0 aliphatic carbocycles. The van der Waals surface area contributed by atoms with Gasteiger partial charge >= 0.3 is 0 Å². The lowest BCUT2D eigenvalue weighted by atomic mass is 10.00. The second-order valence-electron chi connectivity index (χ2n) is 6.36. The number of hydrogen-bond acceptors (Lipinski definition) is 6. The van der Waals surface area contributed by atoms with Gasteiger partial charge in [-0.05, 0) is 53.4 Å². The van der Waals surface area contributed by atoms with Crippen LogP contribution in [0.25, 0.3) is 0 Å². The van der Waals surface area contributed by atoms with Gasteiger partial charge in [0.1, 0.15) is 0 Å². The van der Waals surface area contributed by atoms with E-state index in [0.717, 1.165) is 34.9 Å². The van der Waals surface area contributed by atoms with E-state index in [2.05, 4.69) is 23.6 Å². The molecule has 0 bridgehead atoms. The van der Waals surface area contributed by atoms with Crippen LogP contribution in [0.4, 0.5) is 5.69 Å². The molecule has 0 saturated heterocycles. The Kier molecular flexibility index (Phi) is 3.80. The zero-order valence-electron chi connectivity index (χ0n) is 14.3. The summed E-state index contributed by atoms with van der Waals surface area (Å²) < 4.78 is 11.0. The van der Waals surface area contributed by atoms with Gasteiger partial charge in [0.2, 0.25) is 6.79 Å². The quantitative estimate of drug-likeness (QED) is 0.667. The maximum absolute atomic E-state index is 9.06. The van der Waals surface area contributed by atoms with Crippen molar-refractivity contribution in [2.45, 2.75) is 12.5 Å². The molecule has 3 aromatic rings. The van der Waals surface area contributed by atoms with Gasteiger partial charge in [-0.15, -0.1) is 11.3 Å². The Bertz CT molecular complexity index is 1050. The second-order valence-corrected chi connectivity index (χ2v) is 7.31. The molecule has 6 heteroatoms. The highest BCUT2D eigenvalue weighted by Crippen LogP contribution is 2.41. The number of rotatable bonds is 3. The fourth-order valence-electron chi connectivity index (χ4n) is 3.41. The number of hydrogen-bond donors (Lipinski definition) is 0. The van der Waals surface area contributed by atoms with Crippen LogP contribution < -0.4 is 14.5 Å². The zero-order chi connectivity index (χ0) is 18.2. The third kappa shape index (κ3) is 2.82. The van der Waals surface area contributed by atoms with E-state index in [1.807, 2.05) is 47.5 Å². The first-order chi connectivity index (χ1) is 13.3. The molecule has 5 nitrogen and oxygen atoms in total. The molecule has 1 unspecified atom stereocenters. The summed E-state index contributed by atoms with van der Waals surface area (Å²) in [6, 6.07) is 20.0. The van der Waals surface area contributed by atoms with Gasteiger partial charge in [0.15, 0.2) is 11.5 Å². The number of ether oxygens (including phenoxy) is 2. The molecule has 3 heterocycles. The highest BCUT2D eigenvalue weighted by atomic mass is 32.1. The Morgan fingerprint density at radius 3 is 2.70 bits per heavy atom. The monoisotopic (exact) mass is 373 g/mol. The van der Waals surface area contributed by atoms with Crippen molar-refractivity contribution >= 4 is 22.7 Å². The van der Waals surface area contributed by atoms with Crippen molar-refractivity contribution in [3.8, 4) is 17.6 Å². The van der Waals surface area contributed by atoms with Gasteiger partial charge in [0.05, 0.1) is 34.0 Å². The van der Waals surface area contributed by atoms with E-state index in [1.54, 1.807) is 11.3 Å². The molecule has 1 atom stereocenters. The number of nitriles is 1. The number of nitrogens with zero attached hydrogens (tertiary/aromatic N) is 3. The molecule has 0 amide bonds. The van der Waals surface area contributed by atoms with Crippen LogP contribution in [0.15, 0.2) is 65.1 Å². The van der Waals surface area contributed by atoms with Gasteiger partial charge in [0, 0.05) is 6.42 Å². The lowest BCUT2D eigenvalue weighted by Crippen LogP contribution is -2.18. The van der Waals surface area contributed by atoms with E-state index in [9.17, 15) is 0 Å². The van der Waals surface area contributed by atoms with Crippen LogP contribution in [0, 0.1) is 11.3 Å². The van der Waals surface area contributed by atoms with Gasteiger partial charge in [-0.1, -0.05) is 12.1 Å². The summed E-state index contributed by atoms with van der Waals surface area (Å²) in [5.74, 6) is 1.55. The van der Waals surface area contributed by atoms with Crippen LogP contribution >= 0.6 is 11.3 Å². The van der Waals surface area contributed by atoms with Crippen molar-refractivity contribution in [3.63, 3.8) is 0 Å². The van der Waals surface area contributed by atoms with Crippen LogP contribution in [0.5, 0.6) is 11.5 Å². The lowest BCUT2D eigenvalue weighted by molar-refractivity contribution is 0.174. The van der Waals surface area contributed by atoms with Gasteiger partial charge in [-0.25, -0.2) is 0 Å². The molecule has 2 aliphatic rings. The summed E-state index contributed by atoms with van der Waals surface area (Å²) in [7, 11) is 0. The SMILES string of the molecule is N#Cc1ccc(N2N=C(c3cccs3)CC2c2ccc3c(c2)OCO3)cc1. The second kappa shape index (κ2) is 6.45. The van der Waals surface area contributed by atoms with Crippen molar-refractivity contribution in [1.29, 1.82) is 5.26 Å². The summed E-state index contributed by atoms with van der Waals surface area (Å²) in [6.07, 6.45) is 0.806. The Labute approximate surface area is 160 Å². The molecular formula is C21H15N3O2S. The first kappa shape index (κ1) is 15.9. The minimum Gasteiger partial charge on any atom is -0.454 e. The van der Waals surface area contributed by atoms with Crippen molar-refractivity contribution in [2.75, 3.05) is 11.8 Å². The highest BCUT2D eigenvalue weighted by Gasteiger charge is 2.31. The average molecular weight is 373 g/mol. The van der Waals surface area contributed by atoms with Crippen LogP contribution in [-0.4, -0.2) is 12.5 Å². The van der Waals surface area contributed by atoms with Gasteiger partial charge in [-0.2, -0.15) is 10.4 Å². The predicted molar refractivity (Wildman–Crippen MR) is 104 cm³/mol. The standard InChI is InChI=1S/C21H15N3O2S/c22-12-14-3-6-16(7-4-14)24-18(11-17(23-24)21-2-1-9-27-21)15-5-8-19-20(10-15)26-13-25-19/h1-10,18H,11,13H2. The summed E-state index contributed by atoms with van der Waals surface area (Å²) in [6.45, 7) is 0.264. The molecule has 0 saturated carbocycles. The van der Waals surface area contributed by atoms with Crippen molar-refractivity contribution in [3.05, 3.63) is 76.0 Å². The van der Waals surface area contributed by atoms with E-state index < -0.39 is 0 Å². The predicted octanol–water partition coefficient (Wildman–Crippen LogP) is 4.70. The van der Waals surface area contributed by atoms with E-state index in [1.165, 1.54) is 4.88 Å². The fraction of sp³-hybridized carbons (Fsp3) is 0.143. The van der Waals surface area contributed by atoms with Crippen LogP contribution in [-0.2, 0) is 0 Å². The minimum atomic E-state index is 0.0598. The van der Waals surface area contributed by atoms with Crippen molar-refractivity contribution < 1.29 is 9.47 Å². The molecule has 27 heavy (non-hydrogen) atoms. The maximum atomic E-state index is 9.06. The topological polar surface area (TPSA) is 57.9 Å². The molecule has 132 valence electrons. The van der Waals surface area contributed by atoms with E-state index in [-0.39, 0.29) is 12.8 Å². The van der Waals surface area contributed by atoms with E-state index in [0.29, 0.717) is 5.56 Å². The van der Waals surface area contributed by atoms with Gasteiger partial charge in [0.25, 0.3) is 0 Å². The first-order valence-electron chi connectivity index (χ1n) is 8.62.